The summed E-state index contributed by atoms with van der Waals surface area (Å²) in [6.07, 6.45) is 1.78. The molecule has 0 aliphatic carbocycles. The van der Waals surface area contributed by atoms with Gasteiger partial charge < -0.3 is 15.4 Å². The summed E-state index contributed by atoms with van der Waals surface area (Å²) in [4.78, 5) is 14.7. The average molecular weight is 318 g/mol. The van der Waals surface area contributed by atoms with E-state index in [1.165, 1.54) is 11.1 Å². The van der Waals surface area contributed by atoms with Gasteiger partial charge in [-0.3, -0.25) is 4.79 Å². The Labute approximate surface area is 140 Å². The molecule has 1 fully saturated rings. The van der Waals surface area contributed by atoms with Gasteiger partial charge in [0.05, 0.1) is 5.41 Å². The second kappa shape index (κ2) is 6.91. The Bertz CT molecular complexity index is 573. The van der Waals surface area contributed by atoms with Crippen LogP contribution in [0.15, 0.2) is 12.1 Å². The molecule has 128 valence electrons. The molecule has 0 spiro atoms. The van der Waals surface area contributed by atoms with Crippen molar-refractivity contribution in [1.29, 1.82) is 0 Å². The molecule has 2 N–H and O–H groups in total. The number of hydrogen-bond donors (Lipinski definition) is 1. The quantitative estimate of drug-likeness (QED) is 0.928. The van der Waals surface area contributed by atoms with Crippen LogP contribution in [-0.4, -0.2) is 36.5 Å². The van der Waals surface area contributed by atoms with Gasteiger partial charge in [0.25, 0.3) is 0 Å². The minimum absolute atomic E-state index is 0.159. The molecule has 1 aromatic carbocycles. The summed E-state index contributed by atoms with van der Waals surface area (Å²) in [7, 11) is 0. The van der Waals surface area contributed by atoms with E-state index in [0.29, 0.717) is 6.61 Å². The topological polar surface area (TPSA) is 55.6 Å². The van der Waals surface area contributed by atoms with E-state index >= 15 is 0 Å². The van der Waals surface area contributed by atoms with Crippen LogP contribution in [0.3, 0.4) is 0 Å². The van der Waals surface area contributed by atoms with Gasteiger partial charge in [-0.25, -0.2) is 0 Å². The van der Waals surface area contributed by atoms with Gasteiger partial charge in [-0.1, -0.05) is 6.07 Å². The van der Waals surface area contributed by atoms with Gasteiger partial charge >= 0.3 is 0 Å². The molecule has 1 aliphatic heterocycles. The molecule has 1 heterocycles. The van der Waals surface area contributed by atoms with Crippen molar-refractivity contribution in [2.24, 2.45) is 11.1 Å². The number of benzene rings is 1. The Kier molecular flexibility index (Phi) is 5.35. The number of piperidine rings is 1. The maximum atomic E-state index is 12.8. The summed E-state index contributed by atoms with van der Waals surface area (Å²) >= 11 is 0. The number of carbonyl (C=O) groups is 1. The second-order valence-electron chi connectivity index (χ2n) is 7.51. The third-order valence-corrected chi connectivity index (χ3v) is 4.76. The number of hydrogen-bond acceptors (Lipinski definition) is 3. The lowest BCUT2D eigenvalue weighted by Crippen LogP contribution is -2.49. The number of nitrogens with zero attached hydrogens (tertiary/aromatic N) is 1. The van der Waals surface area contributed by atoms with E-state index in [1.54, 1.807) is 0 Å². The standard InChI is InChI=1S/C19H30N2O2/c1-13-10-14(2)15(3)17(11-13)23-12-19(4,5)18(22)21-8-6-16(20)7-9-21/h10-11,16H,6-9,12,20H2,1-5H3. The Balaban J connectivity index is 2.02. The number of nitrogens with two attached hydrogens (primary N) is 1. The lowest BCUT2D eigenvalue weighted by molar-refractivity contribution is -0.143. The molecule has 4 heteroatoms. The second-order valence-corrected chi connectivity index (χ2v) is 7.51. The lowest BCUT2D eigenvalue weighted by atomic mass is 9.91. The fourth-order valence-corrected chi connectivity index (χ4v) is 3.00. The fourth-order valence-electron chi connectivity index (χ4n) is 3.00. The zero-order chi connectivity index (χ0) is 17.2. The first kappa shape index (κ1) is 17.8. The van der Waals surface area contributed by atoms with Gasteiger partial charge in [0.15, 0.2) is 0 Å². The van der Waals surface area contributed by atoms with Crippen LogP contribution in [0.1, 0.15) is 43.4 Å². The fraction of sp³-hybridized carbons (Fsp3) is 0.632. The summed E-state index contributed by atoms with van der Waals surface area (Å²) in [6.45, 7) is 12.0. The molecule has 2 rings (SSSR count). The summed E-state index contributed by atoms with van der Waals surface area (Å²) in [5.74, 6) is 1.04. The minimum atomic E-state index is -0.536. The van der Waals surface area contributed by atoms with E-state index < -0.39 is 5.41 Å². The first-order valence-electron chi connectivity index (χ1n) is 8.46. The number of carbonyl (C=O) groups excluding carboxylic acids is 1. The maximum absolute atomic E-state index is 12.8. The van der Waals surface area contributed by atoms with Gasteiger partial charge in [-0.2, -0.15) is 0 Å². The predicted molar refractivity (Wildman–Crippen MR) is 93.7 cm³/mol. The third-order valence-electron chi connectivity index (χ3n) is 4.76. The summed E-state index contributed by atoms with van der Waals surface area (Å²) in [5, 5.41) is 0. The van der Waals surface area contributed by atoms with E-state index in [2.05, 4.69) is 26.8 Å². The first-order chi connectivity index (χ1) is 10.7. The molecular weight excluding hydrogens is 288 g/mol. The van der Waals surface area contributed by atoms with E-state index in [4.69, 9.17) is 10.5 Å². The van der Waals surface area contributed by atoms with E-state index in [9.17, 15) is 4.79 Å². The van der Waals surface area contributed by atoms with Crippen LogP contribution in [0.25, 0.3) is 0 Å². The highest BCUT2D eigenvalue weighted by Crippen LogP contribution is 2.27. The van der Waals surface area contributed by atoms with Gasteiger partial charge in [-0.05, 0) is 70.2 Å². The van der Waals surface area contributed by atoms with Crippen molar-refractivity contribution >= 4 is 5.91 Å². The van der Waals surface area contributed by atoms with Crippen molar-refractivity contribution in [3.8, 4) is 5.75 Å². The lowest BCUT2D eigenvalue weighted by Gasteiger charge is -2.36. The van der Waals surface area contributed by atoms with Gasteiger partial charge in [-0.15, -0.1) is 0 Å². The van der Waals surface area contributed by atoms with Crippen LogP contribution in [-0.2, 0) is 4.79 Å². The van der Waals surface area contributed by atoms with Crippen LogP contribution in [0.4, 0.5) is 0 Å². The molecular formula is C19H30N2O2. The van der Waals surface area contributed by atoms with E-state index in [0.717, 1.165) is 37.2 Å². The van der Waals surface area contributed by atoms with Crippen LogP contribution in [0.2, 0.25) is 0 Å². The Morgan fingerprint density at radius 2 is 1.87 bits per heavy atom. The van der Waals surface area contributed by atoms with Crippen molar-refractivity contribution in [2.75, 3.05) is 19.7 Å². The Hall–Kier alpha value is -1.55. The number of ether oxygens (including phenoxy) is 1. The molecule has 1 amide bonds. The molecule has 1 aromatic rings. The smallest absolute Gasteiger partial charge is 0.231 e. The van der Waals surface area contributed by atoms with Gasteiger partial charge in [0.1, 0.15) is 12.4 Å². The summed E-state index contributed by atoms with van der Waals surface area (Å²) < 4.78 is 6.02. The largest absolute Gasteiger partial charge is 0.492 e. The number of rotatable bonds is 4. The number of likely N-dealkylation sites (tertiary alicyclic amines) is 1. The highest BCUT2D eigenvalue weighted by molar-refractivity contribution is 5.82. The van der Waals surface area contributed by atoms with Crippen molar-refractivity contribution in [2.45, 2.75) is 53.5 Å². The predicted octanol–water partition coefficient (Wildman–Crippen LogP) is 2.97. The van der Waals surface area contributed by atoms with Gasteiger partial charge in [0, 0.05) is 19.1 Å². The van der Waals surface area contributed by atoms with Crippen molar-refractivity contribution in [3.63, 3.8) is 0 Å². The van der Waals surface area contributed by atoms with Gasteiger partial charge in [0.2, 0.25) is 5.91 Å². The molecule has 1 aliphatic rings. The monoisotopic (exact) mass is 318 g/mol. The number of aryl methyl sites for hydroxylation is 2. The zero-order valence-corrected chi connectivity index (χ0v) is 15.1. The number of amides is 1. The molecule has 1 saturated heterocycles. The summed E-state index contributed by atoms with van der Waals surface area (Å²) in [5.41, 5.74) is 8.92. The van der Waals surface area contributed by atoms with Crippen LogP contribution in [0, 0.1) is 26.2 Å². The molecule has 0 saturated carbocycles. The highest BCUT2D eigenvalue weighted by Gasteiger charge is 2.34. The maximum Gasteiger partial charge on any atom is 0.231 e. The molecule has 0 bridgehead atoms. The normalized spacial score (nSPS) is 16.5. The Morgan fingerprint density at radius 3 is 2.48 bits per heavy atom. The van der Waals surface area contributed by atoms with Crippen LogP contribution in [0.5, 0.6) is 5.75 Å². The minimum Gasteiger partial charge on any atom is -0.492 e. The molecule has 0 unspecified atom stereocenters. The highest BCUT2D eigenvalue weighted by atomic mass is 16.5. The van der Waals surface area contributed by atoms with Crippen LogP contribution < -0.4 is 10.5 Å². The molecule has 4 nitrogen and oxygen atoms in total. The molecule has 0 radical (unpaired) electrons. The zero-order valence-electron chi connectivity index (χ0n) is 15.1. The molecule has 0 atom stereocenters. The van der Waals surface area contributed by atoms with Crippen molar-refractivity contribution in [1.82, 2.24) is 4.90 Å². The van der Waals surface area contributed by atoms with Crippen molar-refractivity contribution < 1.29 is 9.53 Å². The first-order valence-corrected chi connectivity index (χ1v) is 8.46. The van der Waals surface area contributed by atoms with E-state index in [-0.39, 0.29) is 11.9 Å². The Morgan fingerprint density at radius 1 is 1.26 bits per heavy atom. The SMILES string of the molecule is Cc1cc(C)c(C)c(OCC(C)(C)C(=O)N2CCC(N)CC2)c1. The average Bonchev–Trinajstić information content (AvgIpc) is 2.49. The third kappa shape index (κ3) is 4.25. The van der Waals surface area contributed by atoms with Crippen LogP contribution >= 0.6 is 0 Å². The molecule has 23 heavy (non-hydrogen) atoms. The summed E-state index contributed by atoms with van der Waals surface area (Å²) in [6, 6.07) is 4.43. The van der Waals surface area contributed by atoms with Crippen molar-refractivity contribution in [3.05, 3.63) is 28.8 Å². The van der Waals surface area contributed by atoms with E-state index in [1.807, 2.05) is 24.8 Å². The molecule has 0 aromatic heterocycles.